The fraction of sp³-hybridized carbons (Fsp3) is 0.200. The Morgan fingerprint density at radius 2 is 1.52 bits per heavy atom. The lowest BCUT2D eigenvalue weighted by Gasteiger charge is -2.47. The van der Waals surface area contributed by atoms with Gasteiger partial charge in [-0.1, -0.05) is 54.6 Å². The quantitative estimate of drug-likeness (QED) is 0.418. The number of carbonyl (C=O) groups excluding carboxylic acids is 2. The Morgan fingerprint density at radius 1 is 0.862 bits per heavy atom. The van der Waals surface area contributed by atoms with Crippen molar-refractivity contribution in [1.82, 2.24) is 0 Å². The number of anilines is 1. The summed E-state index contributed by atoms with van der Waals surface area (Å²) in [6, 6.07) is 24.4. The second-order valence-electron chi connectivity index (χ2n) is 7.38. The number of hydrogen-bond acceptors (Lipinski definition) is 2. The second kappa shape index (κ2) is 8.39. The molecule has 1 saturated heterocycles. The van der Waals surface area contributed by atoms with Gasteiger partial charge in [-0.2, -0.15) is 0 Å². The van der Waals surface area contributed by atoms with E-state index in [-0.39, 0.29) is 23.7 Å². The van der Waals surface area contributed by atoms with Crippen molar-refractivity contribution in [2.75, 3.05) is 4.90 Å². The van der Waals surface area contributed by atoms with Crippen LogP contribution in [0.5, 0.6) is 0 Å². The van der Waals surface area contributed by atoms with Crippen molar-refractivity contribution in [2.45, 2.75) is 25.3 Å². The lowest BCUT2D eigenvalue weighted by Crippen LogP contribution is -2.55. The van der Waals surface area contributed by atoms with E-state index in [1.165, 1.54) is 23.3 Å². The van der Waals surface area contributed by atoms with Crippen LogP contribution in [0.15, 0.2) is 78.9 Å². The molecule has 0 saturated carbocycles. The number of carbonyl (C=O) groups is 2. The van der Waals surface area contributed by atoms with Crippen molar-refractivity contribution in [3.05, 3.63) is 101 Å². The van der Waals surface area contributed by atoms with Crippen molar-refractivity contribution in [3.8, 4) is 0 Å². The Balaban J connectivity index is 1.58. The van der Waals surface area contributed by atoms with Crippen LogP contribution in [0.2, 0.25) is 0 Å². The fourth-order valence-corrected chi connectivity index (χ4v) is 4.01. The van der Waals surface area contributed by atoms with Gasteiger partial charge in [-0.15, -0.1) is 0 Å². The van der Waals surface area contributed by atoms with Gasteiger partial charge < -0.3 is 9.69 Å². The highest BCUT2D eigenvalue weighted by Gasteiger charge is 2.48. The molecule has 1 fully saturated rings. The highest BCUT2D eigenvalue weighted by atomic mass is 19.1. The first-order valence-electron chi connectivity index (χ1n) is 9.82. The second-order valence-corrected chi connectivity index (χ2v) is 7.38. The molecule has 0 spiro atoms. The minimum atomic E-state index is -0.332. The predicted octanol–water partition coefficient (Wildman–Crippen LogP) is 5.10. The zero-order chi connectivity index (χ0) is 20.2. The molecule has 4 rings (SSSR count). The molecule has 1 heterocycles. The van der Waals surface area contributed by atoms with Crippen LogP contribution in [0, 0.1) is 11.7 Å². The van der Waals surface area contributed by atoms with Crippen LogP contribution in [-0.2, 0) is 16.0 Å². The third-order valence-corrected chi connectivity index (χ3v) is 5.49. The highest BCUT2D eigenvalue weighted by molar-refractivity contribution is 6.03. The third kappa shape index (κ3) is 3.97. The average Bonchev–Trinajstić information content (AvgIpc) is 2.75. The Kier molecular flexibility index (Phi) is 5.52. The van der Waals surface area contributed by atoms with Gasteiger partial charge in [-0.05, 0) is 53.8 Å². The van der Waals surface area contributed by atoms with Crippen molar-refractivity contribution in [1.29, 1.82) is 0 Å². The van der Waals surface area contributed by atoms with Crippen LogP contribution >= 0.6 is 0 Å². The summed E-state index contributed by atoms with van der Waals surface area (Å²) >= 11 is 0. The zero-order valence-electron chi connectivity index (χ0n) is 16.0. The molecule has 1 amide bonds. The lowest BCUT2D eigenvalue weighted by molar-refractivity contribution is -0.130. The molecule has 0 N–H and O–H groups in total. The van der Waals surface area contributed by atoms with Crippen LogP contribution in [0.4, 0.5) is 10.1 Å². The predicted molar refractivity (Wildman–Crippen MR) is 111 cm³/mol. The first kappa shape index (κ1) is 19.1. The largest absolute Gasteiger partial charge is 0.304 e. The number of aldehydes is 1. The van der Waals surface area contributed by atoms with E-state index in [0.29, 0.717) is 18.5 Å². The standard InChI is InChI=1S/C25H22FNO2/c26-21-12-14-22(15-13-21)27-24(23(25(27)29)7-4-16-28)20-10-8-19(9-11-20)17-18-5-2-1-3-6-18/h1-3,5-6,8-16,23-24H,4,7,17H2/t23-,24?/m1/s1. The van der Waals surface area contributed by atoms with Gasteiger partial charge in [0.2, 0.25) is 5.91 Å². The maximum atomic E-state index is 13.3. The summed E-state index contributed by atoms with van der Waals surface area (Å²) in [6.45, 7) is 0. The van der Waals surface area contributed by atoms with Crippen molar-refractivity contribution >= 4 is 17.9 Å². The van der Waals surface area contributed by atoms with Crippen LogP contribution in [0.25, 0.3) is 0 Å². The van der Waals surface area contributed by atoms with E-state index in [9.17, 15) is 14.0 Å². The Labute approximate surface area is 169 Å². The molecule has 0 aromatic heterocycles. The Morgan fingerprint density at radius 3 is 2.17 bits per heavy atom. The van der Waals surface area contributed by atoms with Gasteiger partial charge in [-0.3, -0.25) is 4.79 Å². The smallest absolute Gasteiger partial charge is 0.233 e. The first-order valence-corrected chi connectivity index (χ1v) is 9.82. The topological polar surface area (TPSA) is 37.4 Å². The van der Waals surface area contributed by atoms with Gasteiger partial charge in [0.15, 0.2) is 0 Å². The summed E-state index contributed by atoms with van der Waals surface area (Å²) in [7, 11) is 0. The number of hydrogen-bond donors (Lipinski definition) is 0. The highest BCUT2D eigenvalue weighted by Crippen LogP contribution is 2.45. The van der Waals surface area contributed by atoms with Gasteiger partial charge in [-0.25, -0.2) is 4.39 Å². The molecule has 29 heavy (non-hydrogen) atoms. The van der Waals surface area contributed by atoms with Crippen LogP contribution in [0.3, 0.4) is 0 Å². The average molecular weight is 387 g/mol. The van der Waals surface area contributed by atoms with E-state index in [2.05, 4.69) is 36.4 Å². The molecule has 146 valence electrons. The van der Waals surface area contributed by atoms with Crippen LogP contribution in [0.1, 0.15) is 35.6 Å². The van der Waals surface area contributed by atoms with Gasteiger partial charge in [0.1, 0.15) is 12.1 Å². The molecule has 2 atom stereocenters. The van der Waals surface area contributed by atoms with Crippen molar-refractivity contribution in [3.63, 3.8) is 0 Å². The number of halogens is 1. The number of β-lactam (4-membered cyclic amide) rings is 1. The SMILES string of the molecule is O=CCC[C@H]1C(=O)N(c2ccc(F)cc2)C1c1ccc(Cc2ccccc2)cc1. The van der Waals surface area contributed by atoms with Crippen molar-refractivity contribution < 1.29 is 14.0 Å². The molecule has 0 bridgehead atoms. The van der Waals surface area contributed by atoms with Gasteiger partial charge in [0.25, 0.3) is 0 Å². The number of amides is 1. The minimum absolute atomic E-state index is 0.0168. The molecule has 0 radical (unpaired) electrons. The molecule has 1 aliphatic rings. The van der Waals surface area contributed by atoms with Gasteiger partial charge in [0, 0.05) is 12.1 Å². The summed E-state index contributed by atoms with van der Waals surface area (Å²) in [5.74, 6) is -0.580. The molecular weight excluding hydrogens is 365 g/mol. The van der Waals surface area contributed by atoms with Crippen LogP contribution < -0.4 is 4.90 Å². The van der Waals surface area contributed by atoms with Crippen LogP contribution in [-0.4, -0.2) is 12.2 Å². The normalized spacial score (nSPS) is 18.4. The lowest BCUT2D eigenvalue weighted by atomic mass is 9.79. The number of benzene rings is 3. The van der Waals surface area contributed by atoms with E-state index >= 15 is 0 Å². The maximum Gasteiger partial charge on any atom is 0.233 e. The minimum Gasteiger partial charge on any atom is -0.304 e. The fourth-order valence-electron chi connectivity index (χ4n) is 4.01. The molecular formula is C25H22FNO2. The molecule has 1 unspecified atom stereocenters. The molecule has 0 aliphatic carbocycles. The maximum absolute atomic E-state index is 13.3. The molecule has 1 aliphatic heterocycles. The molecule has 3 aromatic rings. The van der Waals surface area contributed by atoms with E-state index in [1.54, 1.807) is 17.0 Å². The summed E-state index contributed by atoms with van der Waals surface area (Å²) in [5, 5.41) is 0. The summed E-state index contributed by atoms with van der Waals surface area (Å²) < 4.78 is 13.3. The summed E-state index contributed by atoms with van der Waals surface area (Å²) in [6.07, 6.45) is 2.58. The third-order valence-electron chi connectivity index (χ3n) is 5.49. The Hall–Kier alpha value is -3.27. The number of nitrogens with zero attached hydrogens (tertiary/aromatic N) is 1. The van der Waals surface area contributed by atoms with E-state index in [1.807, 2.05) is 18.2 Å². The number of rotatable bonds is 7. The molecule has 3 nitrogen and oxygen atoms in total. The van der Waals surface area contributed by atoms with E-state index in [4.69, 9.17) is 0 Å². The van der Waals surface area contributed by atoms with Crippen molar-refractivity contribution in [2.24, 2.45) is 5.92 Å². The first-order chi connectivity index (χ1) is 14.2. The van der Waals surface area contributed by atoms with Gasteiger partial charge >= 0.3 is 0 Å². The van der Waals surface area contributed by atoms with Gasteiger partial charge in [0.05, 0.1) is 12.0 Å². The zero-order valence-corrected chi connectivity index (χ0v) is 16.0. The monoisotopic (exact) mass is 387 g/mol. The van der Waals surface area contributed by atoms with E-state index < -0.39 is 0 Å². The summed E-state index contributed by atoms with van der Waals surface area (Å²) in [4.78, 5) is 25.3. The molecule has 3 aromatic carbocycles. The van der Waals surface area contributed by atoms with E-state index in [0.717, 1.165) is 18.3 Å². The molecule has 4 heteroatoms. The summed E-state index contributed by atoms with van der Waals surface area (Å²) in [5.41, 5.74) is 4.15. The Bertz CT molecular complexity index is 984.